The summed E-state index contributed by atoms with van der Waals surface area (Å²) >= 11 is 0. The molecule has 0 N–H and O–H groups in total. The van der Waals surface area contributed by atoms with E-state index in [1.54, 1.807) is 0 Å². The predicted octanol–water partition coefficient (Wildman–Crippen LogP) is 1.32. The standard InChI is InChI=1S/C11H17BNO4P/c1-4-11-7-14-8(10(12)16-11)9(11)17-18(3)15-6-5-13-2/h8-10H,4-7H2,1,3H3/t8-,9+,10-,11+,18?/m1/s1. The largest absolute Gasteiger partial charge is 0.374 e. The smallest absolute Gasteiger partial charge is 0.238 e. The molecule has 7 heteroatoms. The van der Waals surface area contributed by atoms with Crippen molar-refractivity contribution in [2.45, 2.75) is 37.2 Å². The second kappa shape index (κ2) is 5.86. The van der Waals surface area contributed by atoms with Crippen LogP contribution in [0.2, 0.25) is 0 Å². The van der Waals surface area contributed by atoms with Crippen LogP contribution in [0.4, 0.5) is 0 Å². The summed E-state index contributed by atoms with van der Waals surface area (Å²) in [6, 6.07) is -0.421. The molecule has 2 aliphatic rings. The molecule has 0 aromatic rings. The maximum Gasteiger partial charge on any atom is 0.238 e. The maximum absolute atomic E-state index is 6.69. The average Bonchev–Trinajstić information content (AvgIpc) is 2.81. The first kappa shape index (κ1) is 14.2. The molecule has 2 saturated heterocycles. The van der Waals surface area contributed by atoms with Crippen LogP contribution >= 0.6 is 8.38 Å². The molecule has 0 aromatic heterocycles. The number of nitrogens with zero attached hydrogens (tertiary/aromatic N) is 1. The molecule has 98 valence electrons. The molecule has 2 heterocycles. The highest BCUT2D eigenvalue weighted by Crippen LogP contribution is 2.48. The van der Waals surface area contributed by atoms with Gasteiger partial charge in [0.05, 0.1) is 6.61 Å². The summed E-state index contributed by atoms with van der Waals surface area (Å²) in [6.07, 6.45) is 0.425. The Morgan fingerprint density at radius 1 is 1.61 bits per heavy atom. The van der Waals surface area contributed by atoms with E-state index in [9.17, 15) is 0 Å². The molecule has 0 amide bonds. The van der Waals surface area contributed by atoms with Crippen molar-refractivity contribution in [3.8, 4) is 0 Å². The van der Waals surface area contributed by atoms with Crippen molar-refractivity contribution in [2.75, 3.05) is 26.4 Å². The van der Waals surface area contributed by atoms with Gasteiger partial charge in [0.25, 0.3) is 0 Å². The van der Waals surface area contributed by atoms with Gasteiger partial charge in [-0.2, -0.15) is 0 Å². The van der Waals surface area contributed by atoms with E-state index >= 15 is 0 Å². The van der Waals surface area contributed by atoms with Crippen molar-refractivity contribution >= 4 is 16.2 Å². The van der Waals surface area contributed by atoms with Gasteiger partial charge < -0.3 is 23.4 Å². The van der Waals surface area contributed by atoms with Crippen molar-refractivity contribution in [3.05, 3.63) is 11.4 Å². The van der Waals surface area contributed by atoms with Crippen LogP contribution in [0, 0.1) is 6.57 Å². The van der Waals surface area contributed by atoms with E-state index in [4.69, 9.17) is 32.9 Å². The lowest BCUT2D eigenvalue weighted by Gasteiger charge is -2.30. The lowest BCUT2D eigenvalue weighted by Crippen LogP contribution is -2.40. The molecule has 2 rings (SSSR count). The quantitative estimate of drug-likeness (QED) is 0.315. The third-order valence-electron chi connectivity index (χ3n) is 3.37. The van der Waals surface area contributed by atoms with Crippen LogP contribution in [0.1, 0.15) is 13.3 Å². The zero-order valence-corrected chi connectivity index (χ0v) is 11.6. The molecule has 2 fully saturated rings. The zero-order valence-electron chi connectivity index (χ0n) is 10.7. The molecular weight excluding hydrogens is 252 g/mol. The summed E-state index contributed by atoms with van der Waals surface area (Å²) in [5.41, 5.74) is -0.427. The number of rotatable bonds is 6. The molecule has 5 nitrogen and oxygen atoms in total. The monoisotopic (exact) mass is 269 g/mol. The molecule has 0 saturated carbocycles. The third-order valence-corrected chi connectivity index (χ3v) is 4.44. The van der Waals surface area contributed by atoms with Crippen molar-refractivity contribution in [2.24, 2.45) is 0 Å². The Bertz CT molecular complexity index is 339. The van der Waals surface area contributed by atoms with Crippen molar-refractivity contribution < 1.29 is 18.5 Å². The van der Waals surface area contributed by atoms with Gasteiger partial charge in [-0.15, -0.1) is 0 Å². The summed E-state index contributed by atoms with van der Waals surface area (Å²) in [6.45, 7) is 11.9. The molecule has 1 unspecified atom stereocenters. The number of hydrogen-bond acceptors (Lipinski definition) is 4. The van der Waals surface area contributed by atoms with Gasteiger partial charge in [0, 0.05) is 12.7 Å². The zero-order chi connectivity index (χ0) is 13.2. The summed E-state index contributed by atoms with van der Waals surface area (Å²) in [5.74, 6) is 0. The molecule has 0 aromatic carbocycles. The predicted molar refractivity (Wildman–Crippen MR) is 68.5 cm³/mol. The van der Waals surface area contributed by atoms with Crippen LogP contribution in [-0.2, 0) is 18.5 Å². The Kier molecular flexibility index (Phi) is 4.63. The van der Waals surface area contributed by atoms with E-state index in [1.165, 1.54) is 0 Å². The topological polar surface area (TPSA) is 41.3 Å². The van der Waals surface area contributed by atoms with E-state index in [1.807, 2.05) is 13.6 Å². The summed E-state index contributed by atoms with van der Waals surface area (Å²) in [5, 5.41) is 0. The van der Waals surface area contributed by atoms with Crippen molar-refractivity contribution in [1.82, 2.24) is 0 Å². The Morgan fingerprint density at radius 3 is 3.00 bits per heavy atom. The maximum atomic E-state index is 6.69. The van der Waals surface area contributed by atoms with Crippen LogP contribution in [0.5, 0.6) is 0 Å². The first-order valence-electron chi connectivity index (χ1n) is 6.04. The minimum absolute atomic E-state index is 0.165. The summed E-state index contributed by atoms with van der Waals surface area (Å²) in [4.78, 5) is 3.23. The van der Waals surface area contributed by atoms with Gasteiger partial charge in [-0.1, -0.05) is 6.92 Å². The Morgan fingerprint density at radius 2 is 2.39 bits per heavy atom. The fraction of sp³-hybridized carbons (Fsp3) is 0.909. The van der Waals surface area contributed by atoms with Gasteiger partial charge in [-0.05, 0) is 6.42 Å². The average molecular weight is 269 g/mol. The Balaban J connectivity index is 1.91. The second-order valence-corrected chi connectivity index (χ2v) is 5.81. The first-order chi connectivity index (χ1) is 8.63. The Labute approximate surface area is 110 Å². The molecule has 0 aliphatic carbocycles. The fourth-order valence-corrected chi connectivity index (χ4v) is 3.39. The van der Waals surface area contributed by atoms with E-state index in [0.717, 1.165) is 6.42 Å². The molecular formula is C11H17BNO4P. The van der Waals surface area contributed by atoms with Crippen molar-refractivity contribution in [1.29, 1.82) is 0 Å². The number of fused-ring (bicyclic) bond motifs is 2. The molecule has 0 spiro atoms. The van der Waals surface area contributed by atoms with Gasteiger partial charge in [-0.3, -0.25) is 0 Å². The third kappa shape index (κ3) is 2.56. The van der Waals surface area contributed by atoms with Gasteiger partial charge in [0.1, 0.15) is 32.3 Å². The Hall–Kier alpha value is -0.175. The number of hydrogen-bond donors (Lipinski definition) is 0. The SMILES string of the molecule is [B][C@@H]1O[C@@]2(CC)CO[C@@H]1[C@@H]2OP(C)OCC[N+]#[C-]. The minimum atomic E-state index is -1.03. The van der Waals surface area contributed by atoms with Crippen LogP contribution in [-0.4, -0.2) is 58.1 Å². The first-order valence-corrected chi connectivity index (χ1v) is 7.67. The van der Waals surface area contributed by atoms with E-state index in [0.29, 0.717) is 19.8 Å². The molecule has 5 atom stereocenters. The minimum Gasteiger partial charge on any atom is -0.374 e. The fourth-order valence-electron chi connectivity index (χ4n) is 2.36. The van der Waals surface area contributed by atoms with Crippen LogP contribution in [0.15, 0.2) is 0 Å². The normalized spacial score (nSPS) is 39.7. The van der Waals surface area contributed by atoms with E-state index in [2.05, 4.69) is 4.85 Å². The number of ether oxygens (including phenoxy) is 2. The highest BCUT2D eigenvalue weighted by molar-refractivity contribution is 7.46. The van der Waals surface area contributed by atoms with Crippen LogP contribution in [0.25, 0.3) is 4.85 Å². The molecule has 2 aliphatic heterocycles. The lowest BCUT2D eigenvalue weighted by molar-refractivity contribution is -0.117. The van der Waals surface area contributed by atoms with Gasteiger partial charge in [0.2, 0.25) is 6.54 Å². The van der Waals surface area contributed by atoms with E-state index in [-0.39, 0.29) is 12.2 Å². The van der Waals surface area contributed by atoms with Crippen LogP contribution in [0.3, 0.4) is 0 Å². The highest BCUT2D eigenvalue weighted by Gasteiger charge is 2.60. The summed E-state index contributed by atoms with van der Waals surface area (Å²) in [7, 11) is 4.84. The van der Waals surface area contributed by atoms with Crippen molar-refractivity contribution in [3.63, 3.8) is 0 Å². The highest BCUT2D eigenvalue weighted by atomic mass is 31.2. The van der Waals surface area contributed by atoms with E-state index < -0.39 is 20.0 Å². The molecule has 18 heavy (non-hydrogen) atoms. The van der Waals surface area contributed by atoms with Gasteiger partial charge in [0.15, 0.2) is 8.38 Å². The summed E-state index contributed by atoms with van der Waals surface area (Å²) < 4.78 is 22.8. The lowest BCUT2D eigenvalue weighted by atomic mass is 9.91. The van der Waals surface area contributed by atoms with Gasteiger partial charge in [-0.25, -0.2) is 6.57 Å². The van der Waals surface area contributed by atoms with Gasteiger partial charge >= 0.3 is 0 Å². The molecule has 2 radical (unpaired) electrons. The molecule has 2 bridgehead atoms. The second-order valence-electron chi connectivity index (χ2n) is 4.46. The van der Waals surface area contributed by atoms with Crippen LogP contribution < -0.4 is 0 Å².